The summed E-state index contributed by atoms with van der Waals surface area (Å²) in [7, 11) is 1.61. The molecule has 8 heteroatoms. The van der Waals surface area contributed by atoms with Crippen LogP contribution in [0.2, 0.25) is 0 Å². The summed E-state index contributed by atoms with van der Waals surface area (Å²) in [6.45, 7) is 1.15. The van der Waals surface area contributed by atoms with Crippen LogP contribution in [0.25, 0.3) is 11.1 Å². The van der Waals surface area contributed by atoms with Gasteiger partial charge in [0.25, 0.3) is 17.7 Å². The second-order valence-electron chi connectivity index (χ2n) is 10.1. The third kappa shape index (κ3) is 5.17. The summed E-state index contributed by atoms with van der Waals surface area (Å²) in [5, 5.41) is 5.67. The molecule has 0 radical (unpaired) electrons. The molecule has 0 fully saturated rings. The van der Waals surface area contributed by atoms with Crippen LogP contribution in [-0.2, 0) is 19.6 Å². The van der Waals surface area contributed by atoms with Crippen molar-refractivity contribution >= 4 is 23.4 Å². The van der Waals surface area contributed by atoms with Crippen LogP contribution >= 0.6 is 0 Å². The number of hydrogen-bond donors (Lipinski definition) is 2. The number of aromatic nitrogens is 2. The van der Waals surface area contributed by atoms with Gasteiger partial charge >= 0.3 is 0 Å². The topological polar surface area (TPSA) is 96.3 Å². The normalized spacial score (nSPS) is 12.1. The maximum atomic E-state index is 14.0. The summed E-state index contributed by atoms with van der Waals surface area (Å²) in [6.07, 6.45) is 3.43. The molecule has 0 aliphatic carbocycles. The molecule has 0 unspecified atom stereocenters. The molecule has 42 heavy (non-hydrogen) atoms. The molecule has 2 aromatic heterocycles. The maximum Gasteiger partial charge on any atom is 0.268 e. The van der Waals surface area contributed by atoms with E-state index in [1.165, 1.54) is 0 Å². The smallest absolute Gasteiger partial charge is 0.268 e. The Morgan fingerprint density at radius 3 is 2.38 bits per heavy atom. The zero-order valence-electron chi connectivity index (χ0n) is 23.1. The quantitative estimate of drug-likeness (QED) is 0.307. The zero-order chi connectivity index (χ0) is 29.1. The van der Waals surface area contributed by atoms with Gasteiger partial charge in [0.15, 0.2) is 0 Å². The van der Waals surface area contributed by atoms with E-state index in [2.05, 4.69) is 15.6 Å². The lowest BCUT2D eigenvalue weighted by atomic mass is 9.98. The van der Waals surface area contributed by atoms with Gasteiger partial charge in [-0.3, -0.25) is 19.4 Å². The molecule has 0 spiro atoms. The first kappa shape index (κ1) is 26.7. The second-order valence-corrected chi connectivity index (χ2v) is 10.1. The minimum Gasteiger partial charge on any atom is -0.355 e. The van der Waals surface area contributed by atoms with E-state index in [9.17, 15) is 14.4 Å². The Hall–Kier alpha value is -5.50. The fraction of sp³-hybridized carbons (Fsp3) is 0.118. The summed E-state index contributed by atoms with van der Waals surface area (Å²) < 4.78 is 1.98. The Kier molecular flexibility index (Phi) is 7.34. The van der Waals surface area contributed by atoms with Crippen LogP contribution in [0.1, 0.15) is 48.0 Å². The number of para-hydroxylation sites is 1. The van der Waals surface area contributed by atoms with Gasteiger partial charge in [-0.15, -0.1) is 0 Å². The molecule has 3 heterocycles. The van der Waals surface area contributed by atoms with E-state index < -0.39 is 0 Å². The lowest BCUT2D eigenvalue weighted by Crippen LogP contribution is -2.30. The molecule has 8 nitrogen and oxygen atoms in total. The van der Waals surface area contributed by atoms with E-state index in [4.69, 9.17) is 0 Å². The van der Waals surface area contributed by atoms with Crippen molar-refractivity contribution in [2.75, 3.05) is 11.9 Å². The first-order chi connectivity index (χ1) is 20.5. The zero-order valence-corrected chi connectivity index (χ0v) is 23.1. The molecular weight excluding hydrogens is 526 g/mol. The highest BCUT2D eigenvalue weighted by Crippen LogP contribution is 2.31. The number of carbonyl (C=O) groups excluding carboxylic acids is 3. The van der Waals surface area contributed by atoms with Gasteiger partial charge in [0.05, 0.1) is 13.1 Å². The average molecular weight is 556 g/mol. The number of pyridine rings is 1. The van der Waals surface area contributed by atoms with Gasteiger partial charge < -0.3 is 20.1 Å². The van der Waals surface area contributed by atoms with Crippen molar-refractivity contribution in [1.82, 2.24) is 20.2 Å². The van der Waals surface area contributed by atoms with Crippen molar-refractivity contribution in [3.8, 4) is 11.1 Å². The fourth-order valence-corrected chi connectivity index (χ4v) is 5.33. The van der Waals surface area contributed by atoms with E-state index in [0.29, 0.717) is 36.5 Å². The lowest BCUT2D eigenvalue weighted by molar-refractivity contribution is 0.0939. The molecule has 3 aromatic carbocycles. The summed E-state index contributed by atoms with van der Waals surface area (Å²) in [5.41, 5.74) is 6.81. The molecule has 208 valence electrons. The molecule has 0 bridgehead atoms. The first-order valence-electron chi connectivity index (χ1n) is 13.7. The third-order valence-electron chi connectivity index (χ3n) is 7.50. The third-order valence-corrected chi connectivity index (χ3v) is 7.50. The van der Waals surface area contributed by atoms with Gasteiger partial charge in [-0.25, -0.2) is 0 Å². The second kappa shape index (κ2) is 11.5. The Balaban J connectivity index is 1.28. The predicted molar refractivity (Wildman–Crippen MR) is 161 cm³/mol. The molecule has 1 aliphatic heterocycles. The average Bonchev–Trinajstić information content (AvgIpc) is 3.36. The van der Waals surface area contributed by atoms with Gasteiger partial charge in [0.1, 0.15) is 5.69 Å². The van der Waals surface area contributed by atoms with Crippen molar-refractivity contribution in [3.63, 3.8) is 0 Å². The number of amides is 3. The highest BCUT2D eigenvalue weighted by Gasteiger charge is 2.27. The van der Waals surface area contributed by atoms with Crippen LogP contribution < -0.4 is 15.5 Å². The predicted octanol–water partition coefficient (Wildman–Crippen LogP) is 5.05. The Bertz CT molecular complexity index is 1780. The number of benzene rings is 3. The molecule has 5 aromatic rings. The Morgan fingerprint density at radius 2 is 1.60 bits per heavy atom. The molecule has 2 N–H and O–H groups in total. The molecule has 0 saturated heterocycles. The number of nitrogens with one attached hydrogen (secondary N) is 2. The molecule has 6 rings (SSSR count). The van der Waals surface area contributed by atoms with Crippen LogP contribution in [0.3, 0.4) is 0 Å². The van der Waals surface area contributed by atoms with E-state index in [0.717, 1.165) is 33.6 Å². The van der Waals surface area contributed by atoms with Crippen molar-refractivity contribution in [3.05, 3.63) is 143 Å². The van der Waals surface area contributed by atoms with Gasteiger partial charge in [0, 0.05) is 48.5 Å². The van der Waals surface area contributed by atoms with Gasteiger partial charge in [0.2, 0.25) is 0 Å². The van der Waals surface area contributed by atoms with Gasteiger partial charge in [-0.1, -0.05) is 54.6 Å². The fourth-order valence-electron chi connectivity index (χ4n) is 5.33. The number of fused-ring (bicyclic) bond motifs is 2. The Labute approximate surface area is 243 Å². The van der Waals surface area contributed by atoms with Crippen LogP contribution in [0.15, 0.2) is 109 Å². The van der Waals surface area contributed by atoms with Crippen molar-refractivity contribution in [2.24, 2.45) is 0 Å². The van der Waals surface area contributed by atoms with E-state index in [1.54, 1.807) is 42.5 Å². The summed E-state index contributed by atoms with van der Waals surface area (Å²) in [4.78, 5) is 45.4. The monoisotopic (exact) mass is 555 g/mol. The number of carbonyl (C=O) groups is 3. The SMILES string of the molecule is CNC(=O)c1ccccc1-c1ccc(C(=O)N2Cc3ccc(C(=O)NCc4cccnc4)n3Cc3ccccc32)cc1. The Morgan fingerprint density at radius 1 is 0.810 bits per heavy atom. The van der Waals surface area contributed by atoms with Crippen molar-refractivity contribution in [1.29, 1.82) is 0 Å². The van der Waals surface area contributed by atoms with Crippen LogP contribution in [0, 0.1) is 0 Å². The summed E-state index contributed by atoms with van der Waals surface area (Å²) in [6, 6.07) is 30.0. The number of nitrogens with zero attached hydrogens (tertiary/aromatic N) is 3. The van der Waals surface area contributed by atoms with E-state index in [-0.39, 0.29) is 17.7 Å². The largest absolute Gasteiger partial charge is 0.355 e. The molecular formula is C34H29N5O3. The van der Waals surface area contributed by atoms with Crippen LogP contribution in [0.5, 0.6) is 0 Å². The van der Waals surface area contributed by atoms with E-state index >= 15 is 0 Å². The maximum absolute atomic E-state index is 14.0. The van der Waals surface area contributed by atoms with E-state index in [1.807, 2.05) is 83.4 Å². The van der Waals surface area contributed by atoms with Crippen LogP contribution in [-0.4, -0.2) is 34.3 Å². The lowest BCUT2D eigenvalue weighted by Gasteiger charge is -2.23. The summed E-state index contributed by atoms with van der Waals surface area (Å²) in [5.74, 6) is -0.499. The summed E-state index contributed by atoms with van der Waals surface area (Å²) >= 11 is 0. The molecule has 1 aliphatic rings. The molecule has 3 amide bonds. The molecule has 0 saturated carbocycles. The highest BCUT2D eigenvalue weighted by molar-refractivity contribution is 6.07. The minimum atomic E-state index is -0.185. The van der Waals surface area contributed by atoms with Gasteiger partial charge in [-0.2, -0.15) is 0 Å². The number of anilines is 1. The highest BCUT2D eigenvalue weighted by atomic mass is 16.2. The van der Waals surface area contributed by atoms with Gasteiger partial charge in [-0.05, 0) is 64.7 Å². The van der Waals surface area contributed by atoms with Crippen molar-refractivity contribution < 1.29 is 14.4 Å². The van der Waals surface area contributed by atoms with Crippen LogP contribution in [0.4, 0.5) is 5.69 Å². The van der Waals surface area contributed by atoms with Crippen molar-refractivity contribution in [2.45, 2.75) is 19.6 Å². The first-order valence-corrected chi connectivity index (χ1v) is 13.7. The standard InChI is InChI=1S/C34H29N5O3/c1-35-32(40)29-10-4-3-9-28(29)24-12-14-25(15-13-24)34(42)39-22-27-16-17-31(33(41)37-20-23-7-6-18-36-19-23)38(27)21-26-8-2-5-11-30(26)39/h2-19H,20-22H2,1H3,(H,35,40)(H,37,41). The minimum absolute atomic E-state index is 0.147. The number of rotatable bonds is 6. The number of hydrogen-bond acceptors (Lipinski definition) is 4. The molecule has 0 atom stereocenters.